The molecule has 1 aromatic rings. The maximum Gasteiger partial charge on any atom is 0.0704 e. The second-order valence-corrected chi connectivity index (χ2v) is 6.89. The molecule has 0 aliphatic rings. The lowest BCUT2D eigenvalue weighted by molar-refractivity contribution is -0.0143. The van der Waals surface area contributed by atoms with E-state index >= 15 is 0 Å². The smallest absolute Gasteiger partial charge is 0.0704 e. The van der Waals surface area contributed by atoms with Crippen LogP contribution >= 0.6 is 11.6 Å². The van der Waals surface area contributed by atoms with Gasteiger partial charge < -0.3 is 9.47 Å². The lowest BCUT2D eigenvalue weighted by Crippen LogP contribution is -2.24. The lowest BCUT2D eigenvalue weighted by Gasteiger charge is -2.22. The summed E-state index contributed by atoms with van der Waals surface area (Å²) in [6, 6.07) is 6.40. The maximum absolute atomic E-state index is 6.39. The van der Waals surface area contributed by atoms with Crippen LogP contribution in [-0.4, -0.2) is 25.9 Å². The zero-order valence-corrected chi connectivity index (χ0v) is 15.5. The van der Waals surface area contributed by atoms with Crippen LogP contribution in [0.1, 0.15) is 58.1 Å². The van der Waals surface area contributed by atoms with E-state index in [-0.39, 0.29) is 6.10 Å². The van der Waals surface area contributed by atoms with Gasteiger partial charge in [0.05, 0.1) is 19.3 Å². The predicted molar refractivity (Wildman–Crippen MR) is 94.9 cm³/mol. The molecule has 1 rings (SSSR count). The highest BCUT2D eigenvalue weighted by molar-refractivity contribution is 6.31. The van der Waals surface area contributed by atoms with E-state index in [1.54, 1.807) is 0 Å². The molecule has 2 nitrogen and oxygen atoms in total. The van der Waals surface area contributed by atoms with E-state index in [1.165, 1.54) is 11.1 Å². The minimum absolute atomic E-state index is 0.200. The Labute approximate surface area is 141 Å². The van der Waals surface area contributed by atoms with Crippen molar-refractivity contribution in [3.8, 4) is 0 Å². The standard InChI is InChI=1S/C19H31ClO2/c1-6-9-21-10-11-22-19(15(4)5)13-16-7-8-17(14(2)3)18(20)12-16/h7-8,12,14-15,19H,6,9-11,13H2,1-5H3. The van der Waals surface area contributed by atoms with Crippen molar-refractivity contribution in [1.29, 1.82) is 0 Å². The largest absolute Gasteiger partial charge is 0.379 e. The summed E-state index contributed by atoms with van der Waals surface area (Å²) in [5.74, 6) is 0.920. The normalized spacial score (nSPS) is 13.1. The summed E-state index contributed by atoms with van der Waals surface area (Å²) in [4.78, 5) is 0. The van der Waals surface area contributed by atoms with Crippen LogP contribution in [0.2, 0.25) is 5.02 Å². The van der Waals surface area contributed by atoms with Gasteiger partial charge in [-0.1, -0.05) is 58.4 Å². The molecule has 0 fully saturated rings. The van der Waals surface area contributed by atoms with E-state index in [0.717, 1.165) is 24.5 Å². The van der Waals surface area contributed by atoms with E-state index in [0.29, 0.717) is 25.0 Å². The molecule has 0 heterocycles. The summed E-state index contributed by atoms with van der Waals surface area (Å²) < 4.78 is 11.5. The summed E-state index contributed by atoms with van der Waals surface area (Å²) in [5.41, 5.74) is 2.45. The molecule has 126 valence electrons. The van der Waals surface area contributed by atoms with Gasteiger partial charge in [0.15, 0.2) is 0 Å². The van der Waals surface area contributed by atoms with Crippen molar-refractivity contribution in [3.63, 3.8) is 0 Å². The summed E-state index contributed by atoms with van der Waals surface area (Å²) in [7, 11) is 0. The van der Waals surface area contributed by atoms with Crippen molar-refractivity contribution in [2.75, 3.05) is 19.8 Å². The Balaban J connectivity index is 2.57. The molecule has 0 aromatic heterocycles. The van der Waals surface area contributed by atoms with Crippen molar-refractivity contribution in [2.45, 2.75) is 59.5 Å². The number of halogens is 1. The Morgan fingerprint density at radius 3 is 2.32 bits per heavy atom. The van der Waals surface area contributed by atoms with Crippen molar-refractivity contribution in [1.82, 2.24) is 0 Å². The minimum atomic E-state index is 0.200. The van der Waals surface area contributed by atoms with Crippen LogP contribution in [0.5, 0.6) is 0 Å². The maximum atomic E-state index is 6.39. The quantitative estimate of drug-likeness (QED) is 0.530. The van der Waals surface area contributed by atoms with Crippen LogP contribution in [0.25, 0.3) is 0 Å². The second-order valence-electron chi connectivity index (χ2n) is 6.48. The third-order valence-corrected chi connectivity index (χ3v) is 4.10. The summed E-state index contributed by atoms with van der Waals surface area (Å²) in [6.07, 6.45) is 2.14. The van der Waals surface area contributed by atoms with Crippen LogP contribution in [0, 0.1) is 5.92 Å². The zero-order chi connectivity index (χ0) is 16.5. The van der Waals surface area contributed by atoms with Gasteiger partial charge in [-0.05, 0) is 41.9 Å². The van der Waals surface area contributed by atoms with Gasteiger partial charge in [-0.3, -0.25) is 0 Å². The average Bonchev–Trinajstić information content (AvgIpc) is 2.45. The molecule has 0 spiro atoms. The first-order valence-electron chi connectivity index (χ1n) is 8.43. The van der Waals surface area contributed by atoms with Gasteiger partial charge in [0, 0.05) is 11.6 Å². The van der Waals surface area contributed by atoms with Crippen molar-refractivity contribution in [3.05, 3.63) is 34.3 Å². The molecule has 0 bridgehead atoms. The molecular weight excluding hydrogens is 296 g/mol. The molecule has 1 aromatic carbocycles. The van der Waals surface area contributed by atoms with Crippen LogP contribution in [0.3, 0.4) is 0 Å². The van der Waals surface area contributed by atoms with E-state index in [1.807, 2.05) is 0 Å². The molecule has 0 saturated heterocycles. The number of hydrogen-bond acceptors (Lipinski definition) is 2. The molecule has 0 amide bonds. The topological polar surface area (TPSA) is 18.5 Å². The SMILES string of the molecule is CCCOCCOC(Cc1ccc(C(C)C)c(Cl)c1)C(C)C. The van der Waals surface area contributed by atoms with Crippen molar-refractivity contribution >= 4 is 11.6 Å². The Kier molecular flexibility index (Phi) is 9.08. The molecule has 0 aliphatic carbocycles. The van der Waals surface area contributed by atoms with Gasteiger partial charge in [0.2, 0.25) is 0 Å². The lowest BCUT2D eigenvalue weighted by atomic mass is 9.96. The average molecular weight is 327 g/mol. The third kappa shape index (κ3) is 6.68. The van der Waals surface area contributed by atoms with Crippen molar-refractivity contribution in [2.24, 2.45) is 5.92 Å². The van der Waals surface area contributed by atoms with Crippen LogP contribution in [0.4, 0.5) is 0 Å². The first-order valence-corrected chi connectivity index (χ1v) is 8.81. The summed E-state index contributed by atoms with van der Waals surface area (Å²) >= 11 is 6.39. The Bertz CT molecular complexity index is 429. The van der Waals surface area contributed by atoms with Gasteiger partial charge in [-0.2, -0.15) is 0 Å². The number of hydrogen-bond donors (Lipinski definition) is 0. The van der Waals surface area contributed by atoms with E-state index in [4.69, 9.17) is 21.1 Å². The van der Waals surface area contributed by atoms with Crippen LogP contribution < -0.4 is 0 Å². The summed E-state index contributed by atoms with van der Waals surface area (Å²) in [6.45, 7) is 13.0. The highest BCUT2D eigenvalue weighted by Gasteiger charge is 2.16. The van der Waals surface area contributed by atoms with E-state index in [2.05, 4.69) is 52.8 Å². The predicted octanol–water partition coefficient (Wildman–Crippen LogP) is 5.47. The number of ether oxygens (including phenoxy) is 2. The molecule has 0 radical (unpaired) electrons. The zero-order valence-electron chi connectivity index (χ0n) is 14.7. The fourth-order valence-corrected chi connectivity index (χ4v) is 2.81. The molecule has 22 heavy (non-hydrogen) atoms. The van der Waals surface area contributed by atoms with Gasteiger partial charge >= 0.3 is 0 Å². The monoisotopic (exact) mass is 326 g/mol. The Hall–Kier alpha value is -0.570. The van der Waals surface area contributed by atoms with Gasteiger partial charge in [-0.25, -0.2) is 0 Å². The van der Waals surface area contributed by atoms with Crippen LogP contribution in [0.15, 0.2) is 18.2 Å². The number of benzene rings is 1. The molecule has 0 N–H and O–H groups in total. The van der Waals surface area contributed by atoms with Gasteiger partial charge in [0.1, 0.15) is 0 Å². The molecular formula is C19H31ClO2. The minimum Gasteiger partial charge on any atom is -0.379 e. The third-order valence-electron chi connectivity index (χ3n) is 3.78. The van der Waals surface area contributed by atoms with E-state index < -0.39 is 0 Å². The number of rotatable bonds is 10. The molecule has 0 saturated carbocycles. The van der Waals surface area contributed by atoms with Crippen LogP contribution in [-0.2, 0) is 15.9 Å². The Morgan fingerprint density at radius 2 is 1.77 bits per heavy atom. The molecule has 3 heteroatoms. The van der Waals surface area contributed by atoms with Gasteiger partial charge in [0.25, 0.3) is 0 Å². The molecule has 0 aliphatic heterocycles. The molecule has 1 unspecified atom stereocenters. The fraction of sp³-hybridized carbons (Fsp3) is 0.684. The first-order chi connectivity index (χ1) is 10.5. The van der Waals surface area contributed by atoms with Gasteiger partial charge in [-0.15, -0.1) is 0 Å². The van der Waals surface area contributed by atoms with E-state index in [9.17, 15) is 0 Å². The molecule has 1 atom stereocenters. The second kappa shape index (κ2) is 10.3. The fourth-order valence-electron chi connectivity index (χ4n) is 2.39. The Morgan fingerprint density at radius 1 is 1.05 bits per heavy atom. The highest BCUT2D eigenvalue weighted by Crippen LogP contribution is 2.26. The first kappa shape index (κ1) is 19.5. The van der Waals surface area contributed by atoms with Crippen molar-refractivity contribution < 1.29 is 9.47 Å². The highest BCUT2D eigenvalue weighted by atomic mass is 35.5. The summed E-state index contributed by atoms with van der Waals surface area (Å²) in [5, 5.41) is 0.862.